The molecule has 2 heterocycles. The number of rotatable bonds is 3. The average molecular weight is 221 g/mol. The Morgan fingerprint density at radius 1 is 1.56 bits per heavy atom. The number of ether oxygens (including phenoxy) is 1. The zero-order chi connectivity index (χ0) is 11.5. The lowest BCUT2D eigenvalue weighted by Crippen LogP contribution is -2.01. The summed E-state index contributed by atoms with van der Waals surface area (Å²) < 4.78 is 11.4. The molecule has 16 heavy (non-hydrogen) atoms. The highest BCUT2D eigenvalue weighted by molar-refractivity contribution is 5.86. The van der Waals surface area contributed by atoms with Crippen LogP contribution in [0.4, 0.5) is 0 Å². The minimum absolute atomic E-state index is 0.186. The van der Waals surface area contributed by atoms with E-state index in [9.17, 15) is 4.79 Å². The summed E-state index contributed by atoms with van der Waals surface area (Å²) in [5, 5.41) is 7.48. The molecule has 0 unspecified atom stereocenters. The molecule has 0 N–H and O–H groups in total. The number of carbonyl (C=O) groups excluding carboxylic acids is 1. The second-order valence-corrected chi connectivity index (χ2v) is 3.31. The van der Waals surface area contributed by atoms with Crippen molar-refractivity contribution in [2.75, 3.05) is 7.11 Å². The van der Waals surface area contributed by atoms with Crippen molar-refractivity contribution in [2.24, 2.45) is 0 Å². The van der Waals surface area contributed by atoms with E-state index in [4.69, 9.17) is 4.42 Å². The van der Waals surface area contributed by atoms with Gasteiger partial charge in [0.1, 0.15) is 18.1 Å². The van der Waals surface area contributed by atoms with E-state index in [0.717, 1.165) is 11.5 Å². The van der Waals surface area contributed by atoms with Gasteiger partial charge in [0.15, 0.2) is 5.69 Å². The quantitative estimate of drug-likeness (QED) is 0.723. The van der Waals surface area contributed by atoms with Gasteiger partial charge in [-0.25, -0.2) is 9.48 Å². The highest BCUT2D eigenvalue weighted by Gasteiger charge is 2.11. The molecule has 0 fully saturated rings. The van der Waals surface area contributed by atoms with Crippen molar-refractivity contribution in [1.29, 1.82) is 0 Å². The molecular weight excluding hydrogens is 210 g/mol. The van der Waals surface area contributed by atoms with E-state index in [2.05, 4.69) is 15.0 Å². The van der Waals surface area contributed by atoms with E-state index < -0.39 is 5.97 Å². The molecule has 0 aliphatic carbocycles. The second kappa shape index (κ2) is 4.18. The first-order chi connectivity index (χ1) is 7.69. The molecular formula is C10H11N3O3. The first-order valence-electron chi connectivity index (χ1n) is 4.73. The van der Waals surface area contributed by atoms with E-state index in [1.165, 1.54) is 18.0 Å². The molecule has 0 radical (unpaired) electrons. The molecule has 0 amide bonds. The predicted molar refractivity (Wildman–Crippen MR) is 53.9 cm³/mol. The van der Waals surface area contributed by atoms with Gasteiger partial charge in [0.25, 0.3) is 0 Å². The SMILES string of the molecule is COC(=O)c1cn(Cc2ccc(C)o2)nn1. The number of aromatic nitrogens is 3. The maximum atomic E-state index is 11.1. The first kappa shape index (κ1) is 10.4. The number of esters is 1. The molecule has 6 nitrogen and oxygen atoms in total. The summed E-state index contributed by atoms with van der Waals surface area (Å²) in [5.74, 6) is 1.10. The highest BCUT2D eigenvalue weighted by Crippen LogP contribution is 2.08. The summed E-state index contributed by atoms with van der Waals surface area (Å²) in [6.45, 7) is 2.31. The largest absolute Gasteiger partial charge is 0.464 e. The van der Waals surface area contributed by atoms with Crippen LogP contribution in [0.25, 0.3) is 0 Å². The van der Waals surface area contributed by atoms with Crippen LogP contribution in [0.3, 0.4) is 0 Å². The maximum Gasteiger partial charge on any atom is 0.360 e. The Balaban J connectivity index is 2.11. The summed E-state index contributed by atoms with van der Waals surface area (Å²) in [4.78, 5) is 11.1. The Labute approximate surface area is 91.8 Å². The molecule has 0 aromatic carbocycles. The molecule has 0 saturated heterocycles. The van der Waals surface area contributed by atoms with Crippen LogP contribution in [0.2, 0.25) is 0 Å². The Bertz CT molecular complexity index is 501. The second-order valence-electron chi connectivity index (χ2n) is 3.31. The summed E-state index contributed by atoms with van der Waals surface area (Å²) >= 11 is 0. The number of hydrogen-bond acceptors (Lipinski definition) is 5. The van der Waals surface area contributed by atoms with Crippen molar-refractivity contribution in [2.45, 2.75) is 13.5 Å². The summed E-state index contributed by atoms with van der Waals surface area (Å²) in [7, 11) is 1.30. The Morgan fingerprint density at radius 3 is 3.00 bits per heavy atom. The van der Waals surface area contributed by atoms with Gasteiger partial charge in [-0.2, -0.15) is 0 Å². The molecule has 0 saturated carbocycles. The standard InChI is InChI=1S/C10H11N3O3/c1-7-3-4-8(16-7)5-13-6-9(11-12-13)10(14)15-2/h3-4,6H,5H2,1-2H3. The van der Waals surface area contributed by atoms with Crippen LogP contribution >= 0.6 is 0 Å². The smallest absolute Gasteiger partial charge is 0.360 e. The third-order valence-corrected chi connectivity index (χ3v) is 2.05. The molecule has 6 heteroatoms. The minimum Gasteiger partial charge on any atom is -0.464 e. The van der Waals surface area contributed by atoms with E-state index >= 15 is 0 Å². The normalized spacial score (nSPS) is 10.4. The van der Waals surface area contributed by atoms with Crippen LogP contribution in [-0.2, 0) is 11.3 Å². The van der Waals surface area contributed by atoms with Crippen LogP contribution in [-0.4, -0.2) is 28.1 Å². The number of methoxy groups -OCH3 is 1. The zero-order valence-electron chi connectivity index (χ0n) is 9.01. The highest BCUT2D eigenvalue weighted by atomic mass is 16.5. The lowest BCUT2D eigenvalue weighted by molar-refractivity contribution is 0.0594. The minimum atomic E-state index is -0.498. The average Bonchev–Trinajstić information content (AvgIpc) is 2.87. The van der Waals surface area contributed by atoms with Gasteiger partial charge in [0.05, 0.1) is 13.3 Å². The molecule has 0 bridgehead atoms. The lowest BCUT2D eigenvalue weighted by atomic mass is 10.4. The zero-order valence-corrected chi connectivity index (χ0v) is 9.01. The fourth-order valence-corrected chi connectivity index (χ4v) is 1.30. The van der Waals surface area contributed by atoms with E-state index in [1.54, 1.807) is 0 Å². The molecule has 2 aromatic rings. The predicted octanol–water partition coefficient (Wildman–Crippen LogP) is 1.01. The number of carbonyl (C=O) groups is 1. The van der Waals surface area contributed by atoms with Crippen LogP contribution in [0.1, 0.15) is 22.0 Å². The molecule has 2 rings (SSSR count). The molecule has 0 aliphatic heterocycles. The fourth-order valence-electron chi connectivity index (χ4n) is 1.30. The summed E-state index contributed by atoms with van der Waals surface area (Å²) in [6, 6.07) is 3.72. The van der Waals surface area contributed by atoms with E-state index in [-0.39, 0.29) is 5.69 Å². The third-order valence-electron chi connectivity index (χ3n) is 2.05. The Morgan fingerprint density at radius 2 is 2.38 bits per heavy atom. The molecule has 84 valence electrons. The van der Waals surface area contributed by atoms with Crippen LogP contribution in [0.15, 0.2) is 22.7 Å². The van der Waals surface area contributed by atoms with Crippen molar-refractivity contribution in [3.8, 4) is 0 Å². The van der Waals surface area contributed by atoms with Crippen LogP contribution in [0, 0.1) is 6.92 Å². The summed E-state index contributed by atoms with van der Waals surface area (Å²) in [5.41, 5.74) is 0.186. The monoisotopic (exact) mass is 221 g/mol. The Kier molecular flexibility index (Phi) is 2.72. The molecule has 2 aromatic heterocycles. The van der Waals surface area contributed by atoms with Crippen molar-refractivity contribution < 1.29 is 13.9 Å². The van der Waals surface area contributed by atoms with Crippen molar-refractivity contribution in [3.05, 3.63) is 35.5 Å². The van der Waals surface area contributed by atoms with Gasteiger partial charge in [0, 0.05) is 0 Å². The molecule has 0 spiro atoms. The number of aryl methyl sites for hydroxylation is 1. The lowest BCUT2D eigenvalue weighted by Gasteiger charge is -1.95. The van der Waals surface area contributed by atoms with Crippen molar-refractivity contribution >= 4 is 5.97 Å². The van der Waals surface area contributed by atoms with Crippen molar-refractivity contribution in [1.82, 2.24) is 15.0 Å². The van der Waals surface area contributed by atoms with Gasteiger partial charge in [-0.3, -0.25) is 0 Å². The third kappa shape index (κ3) is 2.10. The fraction of sp³-hybridized carbons (Fsp3) is 0.300. The van der Waals surface area contributed by atoms with E-state index in [0.29, 0.717) is 6.54 Å². The van der Waals surface area contributed by atoms with Gasteiger partial charge in [-0.15, -0.1) is 5.10 Å². The summed E-state index contributed by atoms with van der Waals surface area (Å²) in [6.07, 6.45) is 1.52. The van der Waals surface area contributed by atoms with Crippen LogP contribution in [0.5, 0.6) is 0 Å². The maximum absolute atomic E-state index is 11.1. The van der Waals surface area contributed by atoms with Gasteiger partial charge in [-0.1, -0.05) is 5.21 Å². The van der Waals surface area contributed by atoms with E-state index in [1.807, 2.05) is 19.1 Å². The topological polar surface area (TPSA) is 70.2 Å². The number of nitrogens with zero attached hydrogens (tertiary/aromatic N) is 3. The molecule has 0 atom stereocenters. The van der Waals surface area contributed by atoms with Crippen molar-refractivity contribution in [3.63, 3.8) is 0 Å². The Hall–Kier alpha value is -2.11. The number of furan rings is 1. The van der Waals surface area contributed by atoms with Crippen LogP contribution < -0.4 is 0 Å². The van der Waals surface area contributed by atoms with Gasteiger partial charge < -0.3 is 9.15 Å². The van der Waals surface area contributed by atoms with Gasteiger partial charge >= 0.3 is 5.97 Å². The van der Waals surface area contributed by atoms with Gasteiger partial charge in [0.2, 0.25) is 0 Å². The molecule has 0 aliphatic rings. The number of hydrogen-bond donors (Lipinski definition) is 0. The van der Waals surface area contributed by atoms with Gasteiger partial charge in [-0.05, 0) is 19.1 Å². The first-order valence-corrected chi connectivity index (χ1v) is 4.73.